The van der Waals surface area contributed by atoms with Crippen molar-refractivity contribution in [2.45, 2.75) is 19.5 Å². The average Bonchev–Trinajstić information content (AvgIpc) is 3.18. The summed E-state index contributed by atoms with van der Waals surface area (Å²) in [6.45, 7) is 1.90. The van der Waals surface area contributed by atoms with Crippen molar-refractivity contribution in [1.29, 1.82) is 0 Å². The van der Waals surface area contributed by atoms with Crippen LogP contribution < -0.4 is 10.6 Å². The molecule has 0 radical (unpaired) electrons. The predicted octanol–water partition coefficient (Wildman–Crippen LogP) is 2.95. The number of hydrogen-bond acceptors (Lipinski definition) is 4. The van der Waals surface area contributed by atoms with Crippen LogP contribution in [0.1, 0.15) is 21.7 Å². The molecule has 1 aliphatic rings. The molecule has 9 heteroatoms. The van der Waals surface area contributed by atoms with Gasteiger partial charge in [-0.3, -0.25) is 4.79 Å². The van der Waals surface area contributed by atoms with Crippen molar-refractivity contribution in [3.05, 3.63) is 76.6 Å². The molecule has 154 valence electrons. The highest BCUT2D eigenvalue weighted by atomic mass is 35.5. The minimum atomic E-state index is -0.400. The first-order chi connectivity index (χ1) is 14.6. The molecule has 0 saturated carbocycles. The zero-order chi connectivity index (χ0) is 20.9. The molecule has 4 rings (SSSR count). The van der Waals surface area contributed by atoms with E-state index in [9.17, 15) is 9.59 Å². The summed E-state index contributed by atoms with van der Waals surface area (Å²) < 4.78 is 1.61. The number of carbonyl (C=O) groups is 2. The van der Waals surface area contributed by atoms with Gasteiger partial charge in [-0.05, 0) is 36.2 Å². The van der Waals surface area contributed by atoms with Gasteiger partial charge in [-0.25, -0.2) is 9.48 Å². The van der Waals surface area contributed by atoms with E-state index in [2.05, 4.69) is 33.1 Å². The van der Waals surface area contributed by atoms with Crippen molar-refractivity contribution in [2.75, 3.05) is 18.4 Å². The summed E-state index contributed by atoms with van der Waals surface area (Å²) in [6, 6.07) is 16.4. The Morgan fingerprint density at radius 1 is 1.07 bits per heavy atom. The number of aromatic nitrogens is 3. The molecule has 0 atom stereocenters. The van der Waals surface area contributed by atoms with Crippen molar-refractivity contribution < 1.29 is 9.59 Å². The molecular weight excluding hydrogens is 404 g/mol. The van der Waals surface area contributed by atoms with Crippen molar-refractivity contribution in [3.8, 4) is 0 Å². The number of nitrogens with one attached hydrogen (secondary N) is 2. The van der Waals surface area contributed by atoms with Gasteiger partial charge in [-0.15, -0.1) is 5.10 Å². The first-order valence-corrected chi connectivity index (χ1v) is 10.0. The Bertz CT molecular complexity index is 1040. The van der Waals surface area contributed by atoms with Crippen LogP contribution in [0.2, 0.25) is 5.02 Å². The standard InChI is InChI=1S/C21H21ClN6O2/c22-16-6-8-17(9-7-16)24-21(30)23-14-18-19-20(29)27(12-13-28(19)26-25-18)11-10-15-4-2-1-3-5-15/h1-9H,10-14H2,(H2,23,24,30). The lowest BCUT2D eigenvalue weighted by atomic mass is 10.1. The summed E-state index contributed by atoms with van der Waals surface area (Å²) >= 11 is 5.85. The van der Waals surface area contributed by atoms with E-state index in [1.807, 2.05) is 23.1 Å². The van der Waals surface area contributed by atoms with Gasteiger partial charge >= 0.3 is 6.03 Å². The third-order valence-electron chi connectivity index (χ3n) is 4.91. The van der Waals surface area contributed by atoms with Crippen LogP contribution in [0.4, 0.5) is 10.5 Å². The molecular formula is C21H21ClN6O2. The quantitative estimate of drug-likeness (QED) is 0.636. The largest absolute Gasteiger partial charge is 0.335 e. The number of nitrogens with zero attached hydrogens (tertiary/aromatic N) is 4. The number of urea groups is 1. The van der Waals surface area contributed by atoms with Crippen LogP contribution >= 0.6 is 11.6 Å². The Kier molecular flexibility index (Phi) is 5.94. The highest BCUT2D eigenvalue weighted by molar-refractivity contribution is 6.30. The van der Waals surface area contributed by atoms with Crippen LogP contribution in [0.25, 0.3) is 0 Å². The van der Waals surface area contributed by atoms with Gasteiger partial charge in [0.15, 0.2) is 5.69 Å². The lowest BCUT2D eigenvalue weighted by molar-refractivity contribution is 0.0698. The highest BCUT2D eigenvalue weighted by Gasteiger charge is 2.29. The smallest absolute Gasteiger partial charge is 0.319 e. The third-order valence-corrected chi connectivity index (χ3v) is 5.16. The molecule has 2 heterocycles. The molecule has 3 aromatic rings. The van der Waals surface area contributed by atoms with E-state index in [4.69, 9.17) is 11.6 Å². The van der Waals surface area contributed by atoms with Gasteiger partial charge in [0.05, 0.1) is 13.1 Å². The summed E-state index contributed by atoms with van der Waals surface area (Å²) in [4.78, 5) is 26.9. The second-order valence-electron chi connectivity index (χ2n) is 6.95. The minimum Gasteiger partial charge on any atom is -0.335 e. The van der Waals surface area contributed by atoms with Crippen LogP contribution in [0.5, 0.6) is 0 Å². The molecule has 1 aromatic heterocycles. The van der Waals surface area contributed by atoms with Gasteiger partial charge in [0.25, 0.3) is 5.91 Å². The molecule has 2 N–H and O–H groups in total. The van der Waals surface area contributed by atoms with Crippen molar-refractivity contribution in [2.24, 2.45) is 0 Å². The minimum absolute atomic E-state index is 0.104. The number of carbonyl (C=O) groups excluding carboxylic acids is 2. The van der Waals surface area contributed by atoms with Crippen molar-refractivity contribution >= 4 is 29.2 Å². The van der Waals surface area contributed by atoms with Crippen LogP contribution in [0.15, 0.2) is 54.6 Å². The Morgan fingerprint density at radius 3 is 2.60 bits per heavy atom. The van der Waals surface area contributed by atoms with E-state index in [1.165, 1.54) is 5.56 Å². The molecule has 30 heavy (non-hydrogen) atoms. The van der Waals surface area contributed by atoms with E-state index in [-0.39, 0.29) is 12.5 Å². The second kappa shape index (κ2) is 8.96. The molecule has 0 aliphatic carbocycles. The zero-order valence-corrected chi connectivity index (χ0v) is 17.0. The lowest BCUT2D eigenvalue weighted by Crippen LogP contribution is -2.42. The SMILES string of the molecule is O=C(NCc1nnn2c1C(=O)N(CCc1ccccc1)CC2)Nc1ccc(Cl)cc1. The second-order valence-corrected chi connectivity index (χ2v) is 7.39. The third kappa shape index (κ3) is 4.60. The summed E-state index contributed by atoms with van der Waals surface area (Å²) in [5.74, 6) is -0.114. The molecule has 0 bridgehead atoms. The number of anilines is 1. The fraction of sp³-hybridized carbons (Fsp3) is 0.238. The van der Waals surface area contributed by atoms with Crippen LogP contribution in [-0.4, -0.2) is 44.9 Å². The normalized spacial score (nSPS) is 13.1. The lowest BCUT2D eigenvalue weighted by Gasteiger charge is -2.27. The Labute approximate surface area is 178 Å². The van der Waals surface area contributed by atoms with Gasteiger partial charge < -0.3 is 15.5 Å². The summed E-state index contributed by atoms with van der Waals surface area (Å²) in [7, 11) is 0. The fourth-order valence-corrected chi connectivity index (χ4v) is 3.45. The summed E-state index contributed by atoms with van der Waals surface area (Å²) in [5.41, 5.74) is 2.69. The Balaban J connectivity index is 1.36. The predicted molar refractivity (Wildman–Crippen MR) is 113 cm³/mol. The number of fused-ring (bicyclic) bond motifs is 1. The molecule has 8 nitrogen and oxygen atoms in total. The number of hydrogen-bond donors (Lipinski definition) is 2. The average molecular weight is 425 g/mol. The maximum Gasteiger partial charge on any atom is 0.319 e. The van der Waals surface area contributed by atoms with Crippen molar-refractivity contribution in [3.63, 3.8) is 0 Å². The molecule has 0 fully saturated rings. The fourth-order valence-electron chi connectivity index (χ4n) is 3.32. The van der Waals surface area contributed by atoms with Crippen LogP contribution in [0, 0.1) is 0 Å². The number of benzene rings is 2. The molecule has 3 amide bonds. The van der Waals surface area contributed by atoms with E-state index in [1.54, 1.807) is 28.9 Å². The molecule has 0 spiro atoms. The zero-order valence-electron chi connectivity index (χ0n) is 16.2. The number of rotatable bonds is 6. The first kappa shape index (κ1) is 19.9. The molecule has 1 aliphatic heterocycles. The highest BCUT2D eigenvalue weighted by Crippen LogP contribution is 2.16. The van der Waals surface area contributed by atoms with E-state index >= 15 is 0 Å². The topological polar surface area (TPSA) is 92.1 Å². The monoisotopic (exact) mass is 424 g/mol. The number of amides is 3. The molecule has 0 unspecified atom stereocenters. The number of halogens is 1. The first-order valence-electron chi connectivity index (χ1n) is 9.66. The van der Waals surface area contributed by atoms with E-state index in [0.29, 0.717) is 41.7 Å². The van der Waals surface area contributed by atoms with Crippen molar-refractivity contribution in [1.82, 2.24) is 25.2 Å². The van der Waals surface area contributed by atoms with Gasteiger partial charge in [0.2, 0.25) is 0 Å². The van der Waals surface area contributed by atoms with Gasteiger partial charge in [-0.1, -0.05) is 47.1 Å². The van der Waals surface area contributed by atoms with Crippen LogP contribution in [0.3, 0.4) is 0 Å². The van der Waals surface area contributed by atoms with Gasteiger partial charge in [0, 0.05) is 23.8 Å². The maximum absolute atomic E-state index is 13.0. The Morgan fingerprint density at radius 2 is 1.83 bits per heavy atom. The maximum atomic E-state index is 13.0. The molecule has 0 saturated heterocycles. The summed E-state index contributed by atoms with van der Waals surface area (Å²) in [5, 5.41) is 14.2. The van der Waals surface area contributed by atoms with Gasteiger partial charge in [-0.2, -0.15) is 0 Å². The van der Waals surface area contributed by atoms with Crippen LogP contribution in [-0.2, 0) is 19.5 Å². The van der Waals surface area contributed by atoms with E-state index in [0.717, 1.165) is 6.42 Å². The molecule has 2 aromatic carbocycles. The summed E-state index contributed by atoms with van der Waals surface area (Å²) in [6.07, 6.45) is 0.783. The Hall–Kier alpha value is -3.39. The van der Waals surface area contributed by atoms with Gasteiger partial charge in [0.1, 0.15) is 5.69 Å². The van der Waals surface area contributed by atoms with E-state index < -0.39 is 6.03 Å².